The largest absolute Gasteiger partial charge is 0.368 e. The summed E-state index contributed by atoms with van der Waals surface area (Å²) >= 11 is 0. The number of likely N-dealkylation sites (N-methyl/N-ethyl adjacent to an activating group) is 1. The zero-order chi connectivity index (χ0) is 10.6. The van der Waals surface area contributed by atoms with Crippen molar-refractivity contribution in [2.45, 2.75) is 6.92 Å². The van der Waals surface area contributed by atoms with Crippen LogP contribution in [0.1, 0.15) is 11.3 Å². The van der Waals surface area contributed by atoms with Gasteiger partial charge in [0.15, 0.2) is 0 Å². The highest BCUT2D eigenvalue weighted by atomic mass is 15.3. The van der Waals surface area contributed by atoms with Crippen molar-refractivity contribution in [3.8, 4) is 6.07 Å². The van der Waals surface area contributed by atoms with Gasteiger partial charge in [0.1, 0.15) is 17.5 Å². The van der Waals surface area contributed by atoms with E-state index >= 15 is 0 Å². The summed E-state index contributed by atoms with van der Waals surface area (Å²) in [6, 6.07) is 2.15. The summed E-state index contributed by atoms with van der Waals surface area (Å²) in [5, 5.41) is 19.3. The summed E-state index contributed by atoms with van der Waals surface area (Å²) in [5.74, 6) is 0.792. The molecule has 0 saturated carbocycles. The van der Waals surface area contributed by atoms with Crippen LogP contribution in [0, 0.1) is 18.3 Å². The predicted octanol–water partition coefficient (Wildman–Crippen LogP) is 0.231. The van der Waals surface area contributed by atoms with E-state index in [-0.39, 0.29) is 0 Å². The van der Waals surface area contributed by atoms with Gasteiger partial charge in [-0.3, -0.25) is 4.68 Å². The van der Waals surface area contributed by atoms with Crippen molar-refractivity contribution in [3.63, 3.8) is 0 Å². The summed E-state index contributed by atoms with van der Waals surface area (Å²) in [5.41, 5.74) is 1.39. The molecule has 76 valence electrons. The van der Waals surface area contributed by atoms with Gasteiger partial charge in [-0.15, -0.1) is 0 Å². The third kappa shape index (κ3) is 2.03. The third-order valence-corrected chi connectivity index (χ3v) is 2.00. The SMILES string of the molecule is CNCCNc1c(C#N)c(C)nn1C. The molecule has 0 unspecified atom stereocenters. The van der Waals surface area contributed by atoms with E-state index in [2.05, 4.69) is 21.8 Å². The number of nitrogens with zero attached hydrogens (tertiary/aromatic N) is 3. The van der Waals surface area contributed by atoms with Gasteiger partial charge in [0.2, 0.25) is 0 Å². The third-order valence-electron chi connectivity index (χ3n) is 2.00. The number of aromatic nitrogens is 2. The highest BCUT2D eigenvalue weighted by molar-refractivity contribution is 5.54. The normalized spacial score (nSPS) is 9.86. The van der Waals surface area contributed by atoms with Crippen LogP contribution in [0.15, 0.2) is 0 Å². The van der Waals surface area contributed by atoms with E-state index in [0.717, 1.165) is 24.6 Å². The van der Waals surface area contributed by atoms with E-state index in [0.29, 0.717) is 5.56 Å². The minimum atomic E-state index is 0.628. The fraction of sp³-hybridized carbons (Fsp3) is 0.556. The first-order valence-electron chi connectivity index (χ1n) is 4.53. The molecule has 0 aliphatic heterocycles. The molecule has 2 N–H and O–H groups in total. The number of nitriles is 1. The van der Waals surface area contributed by atoms with Crippen LogP contribution in [0.25, 0.3) is 0 Å². The van der Waals surface area contributed by atoms with Gasteiger partial charge < -0.3 is 10.6 Å². The van der Waals surface area contributed by atoms with Crippen LogP contribution < -0.4 is 10.6 Å². The van der Waals surface area contributed by atoms with Crippen LogP contribution in [0.4, 0.5) is 5.82 Å². The van der Waals surface area contributed by atoms with Gasteiger partial charge in [0.05, 0.1) is 5.69 Å². The van der Waals surface area contributed by atoms with E-state index in [9.17, 15) is 0 Å². The highest BCUT2D eigenvalue weighted by Gasteiger charge is 2.11. The van der Waals surface area contributed by atoms with Gasteiger partial charge in [-0.2, -0.15) is 10.4 Å². The zero-order valence-electron chi connectivity index (χ0n) is 8.76. The molecular formula is C9H15N5. The summed E-state index contributed by atoms with van der Waals surface area (Å²) in [6.07, 6.45) is 0. The second kappa shape index (κ2) is 4.63. The van der Waals surface area contributed by atoms with Crippen molar-refractivity contribution in [2.24, 2.45) is 7.05 Å². The lowest BCUT2D eigenvalue weighted by Crippen LogP contribution is -2.19. The van der Waals surface area contributed by atoms with E-state index in [1.54, 1.807) is 4.68 Å². The number of hydrogen-bond acceptors (Lipinski definition) is 4. The van der Waals surface area contributed by atoms with Crippen LogP contribution in [0.5, 0.6) is 0 Å². The quantitative estimate of drug-likeness (QED) is 0.672. The van der Waals surface area contributed by atoms with E-state index < -0.39 is 0 Å². The molecule has 0 saturated heterocycles. The van der Waals surface area contributed by atoms with Gasteiger partial charge >= 0.3 is 0 Å². The maximum absolute atomic E-state index is 8.91. The Hall–Kier alpha value is -1.54. The molecule has 0 atom stereocenters. The molecule has 0 aliphatic rings. The Kier molecular flexibility index (Phi) is 3.48. The molecule has 0 amide bonds. The van der Waals surface area contributed by atoms with Crippen molar-refractivity contribution < 1.29 is 0 Å². The molecule has 0 fully saturated rings. The molecule has 0 bridgehead atoms. The van der Waals surface area contributed by atoms with Gasteiger partial charge in [0.25, 0.3) is 0 Å². The number of hydrogen-bond donors (Lipinski definition) is 2. The minimum Gasteiger partial charge on any atom is -0.368 e. The molecule has 14 heavy (non-hydrogen) atoms. The zero-order valence-corrected chi connectivity index (χ0v) is 8.76. The van der Waals surface area contributed by atoms with Crippen LogP contribution in [-0.4, -0.2) is 29.9 Å². The summed E-state index contributed by atoms with van der Waals surface area (Å²) in [6.45, 7) is 3.47. The Labute approximate surface area is 83.7 Å². The van der Waals surface area contributed by atoms with Gasteiger partial charge in [0, 0.05) is 20.1 Å². The first-order chi connectivity index (χ1) is 6.70. The number of rotatable bonds is 4. The van der Waals surface area contributed by atoms with Crippen molar-refractivity contribution >= 4 is 5.82 Å². The maximum atomic E-state index is 8.91. The average molecular weight is 193 g/mol. The summed E-state index contributed by atoms with van der Waals surface area (Å²) in [7, 11) is 3.72. The molecule has 1 aromatic heterocycles. The van der Waals surface area contributed by atoms with Gasteiger partial charge in [-0.25, -0.2) is 0 Å². The highest BCUT2D eigenvalue weighted by Crippen LogP contribution is 2.16. The van der Waals surface area contributed by atoms with Crippen LogP contribution in [0.3, 0.4) is 0 Å². The Morgan fingerprint density at radius 3 is 2.79 bits per heavy atom. The predicted molar refractivity (Wildman–Crippen MR) is 55.1 cm³/mol. The van der Waals surface area contributed by atoms with Gasteiger partial charge in [-0.1, -0.05) is 0 Å². The number of aryl methyl sites for hydroxylation is 2. The second-order valence-electron chi connectivity index (χ2n) is 3.07. The molecular weight excluding hydrogens is 178 g/mol. The molecule has 0 radical (unpaired) electrons. The second-order valence-corrected chi connectivity index (χ2v) is 3.07. The lowest BCUT2D eigenvalue weighted by molar-refractivity contribution is 0.749. The molecule has 1 heterocycles. The fourth-order valence-corrected chi connectivity index (χ4v) is 1.30. The Balaban J connectivity index is 2.80. The van der Waals surface area contributed by atoms with Crippen molar-refractivity contribution in [3.05, 3.63) is 11.3 Å². The van der Waals surface area contributed by atoms with E-state index in [1.165, 1.54) is 0 Å². The van der Waals surface area contributed by atoms with E-state index in [1.807, 2.05) is 21.0 Å². The maximum Gasteiger partial charge on any atom is 0.142 e. The smallest absolute Gasteiger partial charge is 0.142 e. The van der Waals surface area contributed by atoms with E-state index in [4.69, 9.17) is 5.26 Å². The lowest BCUT2D eigenvalue weighted by atomic mass is 10.2. The molecule has 1 rings (SSSR count). The standard InChI is InChI=1S/C9H15N5/c1-7-8(6-10)9(14(3)13-7)12-5-4-11-2/h11-12H,4-5H2,1-3H3. The van der Waals surface area contributed by atoms with Crippen molar-refractivity contribution in [1.82, 2.24) is 15.1 Å². The number of anilines is 1. The summed E-state index contributed by atoms with van der Waals surface area (Å²) < 4.78 is 1.70. The molecule has 5 nitrogen and oxygen atoms in total. The molecule has 0 spiro atoms. The minimum absolute atomic E-state index is 0.628. The number of nitrogens with one attached hydrogen (secondary N) is 2. The lowest BCUT2D eigenvalue weighted by Gasteiger charge is -2.05. The van der Waals surface area contributed by atoms with Crippen molar-refractivity contribution in [1.29, 1.82) is 5.26 Å². The topological polar surface area (TPSA) is 65.7 Å². The first kappa shape index (κ1) is 10.5. The van der Waals surface area contributed by atoms with Gasteiger partial charge in [-0.05, 0) is 14.0 Å². The molecule has 1 aromatic rings. The Morgan fingerprint density at radius 2 is 2.21 bits per heavy atom. The van der Waals surface area contributed by atoms with Crippen LogP contribution >= 0.6 is 0 Å². The monoisotopic (exact) mass is 193 g/mol. The van der Waals surface area contributed by atoms with Crippen LogP contribution in [-0.2, 0) is 7.05 Å². The average Bonchev–Trinajstić information content (AvgIpc) is 2.42. The fourth-order valence-electron chi connectivity index (χ4n) is 1.30. The van der Waals surface area contributed by atoms with Crippen LogP contribution in [0.2, 0.25) is 0 Å². The molecule has 5 heteroatoms. The Morgan fingerprint density at radius 1 is 1.50 bits per heavy atom. The first-order valence-corrected chi connectivity index (χ1v) is 4.53. The Bertz CT molecular complexity index is 347. The molecule has 0 aromatic carbocycles. The summed E-state index contributed by atoms with van der Waals surface area (Å²) in [4.78, 5) is 0. The van der Waals surface area contributed by atoms with Crippen molar-refractivity contribution in [2.75, 3.05) is 25.5 Å². The molecule has 0 aliphatic carbocycles.